The lowest BCUT2D eigenvalue weighted by molar-refractivity contribution is 1.23. The Morgan fingerprint density at radius 1 is 1.54 bits per heavy atom. The summed E-state index contributed by atoms with van der Waals surface area (Å²) in [5.41, 5.74) is 7.93. The minimum atomic E-state index is -0.107. The highest BCUT2D eigenvalue weighted by Gasteiger charge is 2.03. The van der Waals surface area contributed by atoms with Gasteiger partial charge < -0.3 is 10.7 Å². The minimum absolute atomic E-state index is 0.107. The first kappa shape index (κ1) is 7.79. The Kier molecular flexibility index (Phi) is 1.55. The van der Waals surface area contributed by atoms with Gasteiger partial charge in [0.2, 0.25) is 5.43 Å². The van der Waals surface area contributed by atoms with Crippen LogP contribution in [0.1, 0.15) is 5.69 Å². The zero-order chi connectivity index (χ0) is 9.42. The SMILES string of the molecule is Cc1cc(N)c2[nH]ccc(=O)c2n1. The zero-order valence-electron chi connectivity index (χ0n) is 7.16. The predicted octanol–water partition coefficient (Wildman–Crippen LogP) is 0.814. The highest BCUT2D eigenvalue weighted by atomic mass is 16.1. The van der Waals surface area contributed by atoms with Gasteiger partial charge in [0.15, 0.2) is 0 Å². The van der Waals surface area contributed by atoms with Crippen LogP contribution in [0.2, 0.25) is 0 Å². The summed E-state index contributed by atoms with van der Waals surface area (Å²) in [6.45, 7) is 1.81. The summed E-state index contributed by atoms with van der Waals surface area (Å²) in [5, 5.41) is 0. The number of aromatic amines is 1. The Balaban J connectivity index is 3.03. The molecule has 0 aliphatic carbocycles. The molecule has 0 radical (unpaired) electrons. The molecule has 0 atom stereocenters. The molecule has 0 aromatic carbocycles. The number of rotatable bonds is 0. The number of hydrogen-bond donors (Lipinski definition) is 2. The number of anilines is 1. The van der Waals surface area contributed by atoms with Crippen LogP contribution in [-0.4, -0.2) is 9.97 Å². The predicted molar refractivity (Wildman–Crippen MR) is 51.5 cm³/mol. The van der Waals surface area contributed by atoms with Crippen molar-refractivity contribution in [3.8, 4) is 0 Å². The number of fused-ring (bicyclic) bond motifs is 1. The summed E-state index contributed by atoms with van der Waals surface area (Å²) in [7, 11) is 0. The molecule has 0 spiro atoms. The van der Waals surface area contributed by atoms with Gasteiger partial charge in [-0.05, 0) is 13.0 Å². The van der Waals surface area contributed by atoms with E-state index in [4.69, 9.17) is 5.73 Å². The highest BCUT2D eigenvalue weighted by Crippen LogP contribution is 2.13. The van der Waals surface area contributed by atoms with Crippen molar-refractivity contribution in [2.75, 3.05) is 5.73 Å². The highest BCUT2D eigenvalue weighted by molar-refractivity contribution is 5.85. The van der Waals surface area contributed by atoms with Gasteiger partial charge in [0.25, 0.3) is 0 Å². The minimum Gasteiger partial charge on any atom is -0.397 e. The largest absolute Gasteiger partial charge is 0.397 e. The maximum absolute atomic E-state index is 11.3. The molecule has 0 amide bonds. The van der Waals surface area contributed by atoms with E-state index in [9.17, 15) is 4.79 Å². The van der Waals surface area contributed by atoms with E-state index in [1.807, 2.05) is 6.92 Å². The van der Waals surface area contributed by atoms with Crippen molar-refractivity contribution in [1.82, 2.24) is 9.97 Å². The Labute approximate surface area is 74.4 Å². The molecular weight excluding hydrogens is 166 g/mol. The monoisotopic (exact) mass is 175 g/mol. The van der Waals surface area contributed by atoms with Crippen LogP contribution >= 0.6 is 0 Å². The number of nitrogens with two attached hydrogens (primary N) is 1. The summed E-state index contributed by atoms with van der Waals surface area (Å²) >= 11 is 0. The van der Waals surface area contributed by atoms with Gasteiger partial charge in [-0.2, -0.15) is 0 Å². The lowest BCUT2D eigenvalue weighted by Gasteiger charge is -2.01. The molecule has 0 fully saturated rings. The quantitative estimate of drug-likeness (QED) is 0.622. The molecule has 4 nitrogen and oxygen atoms in total. The summed E-state index contributed by atoms with van der Waals surface area (Å²) in [6, 6.07) is 3.17. The third kappa shape index (κ3) is 1.16. The lowest BCUT2D eigenvalue weighted by atomic mass is 10.2. The van der Waals surface area contributed by atoms with Crippen LogP contribution in [0.15, 0.2) is 23.1 Å². The summed E-state index contributed by atoms with van der Waals surface area (Å²) in [4.78, 5) is 18.4. The van der Waals surface area contributed by atoms with Crippen molar-refractivity contribution in [1.29, 1.82) is 0 Å². The van der Waals surface area contributed by atoms with E-state index >= 15 is 0 Å². The molecule has 0 aliphatic heterocycles. The number of nitrogen functional groups attached to an aromatic ring is 1. The Hall–Kier alpha value is -1.84. The van der Waals surface area contributed by atoms with Crippen molar-refractivity contribution in [2.24, 2.45) is 0 Å². The normalized spacial score (nSPS) is 10.5. The first-order chi connectivity index (χ1) is 6.18. The average molecular weight is 175 g/mol. The standard InChI is InChI=1S/C9H9N3O/c1-5-4-6(10)8-9(12-5)7(13)2-3-11-8/h2-4H,1H3,(H2,10,12)(H,11,13). The molecule has 66 valence electrons. The fourth-order valence-corrected chi connectivity index (χ4v) is 1.31. The van der Waals surface area contributed by atoms with Crippen molar-refractivity contribution >= 4 is 16.7 Å². The molecule has 0 aliphatic rings. The van der Waals surface area contributed by atoms with E-state index in [1.165, 1.54) is 6.07 Å². The van der Waals surface area contributed by atoms with Crippen LogP contribution in [0.25, 0.3) is 11.0 Å². The molecule has 2 aromatic rings. The van der Waals surface area contributed by atoms with E-state index in [-0.39, 0.29) is 5.43 Å². The van der Waals surface area contributed by atoms with Gasteiger partial charge in [-0.1, -0.05) is 0 Å². The van der Waals surface area contributed by atoms with E-state index in [2.05, 4.69) is 9.97 Å². The molecule has 0 saturated heterocycles. The molecule has 3 N–H and O–H groups in total. The first-order valence-electron chi connectivity index (χ1n) is 3.93. The van der Waals surface area contributed by atoms with Crippen LogP contribution in [0.3, 0.4) is 0 Å². The number of aryl methyl sites for hydroxylation is 1. The summed E-state index contributed by atoms with van der Waals surface area (Å²) in [5.74, 6) is 0. The number of aromatic nitrogens is 2. The first-order valence-corrected chi connectivity index (χ1v) is 3.93. The Bertz CT molecular complexity index is 516. The van der Waals surface area contributed by atoms with Crippen LogP contribution in [0.4, 0.5) is 5.69 Å². The average Bonchev–Trinajstić information content (AvgIpc) is 2.07. The molecule has 2 aromatic heterocycles. The van der Waals surface area contributed by atoms with Crippen molar-refractivity contribution < 1.29 is 0 Å². The number of pyridine rings is 2. The molecule has 13 heavy (non-hydrogen) atoms. The van der Waals surface area contributed by atoms with Crippen LogP contribution in [0, 0.1) is 6.92 Å². The Morgan fingerprint density at radius 2 is 2.31 bits per heavy atom. The lowest BCUT2D eigenvalue weighted by Crippen LogP contribution is -2.05. The van der Waals surface area contributed by atoms with Gasteiger partial charge in [-0.15, -0.1) is 0 Å². The van der Waals surface area contributed by atoms with Gasteiger partial charge in [0.05, 0.1) is 11.2 Å². The van der Waals surface area contributed by atoms with E-state index in [0.717, 1.165) is 5.69 Å². The van der Waals surface area contributed by atoms with E-state index in [0.29, 0.717) is 16.7 Å². The second-order valence-corrected chi connectivity index (χ2v) is 2.92. The molecule has 0 saturated carbocycles. The molecule has 2 rings (SSSR count). The van der Waals surface area contributed by atoms with E-state index in [1.54, 1.807) is 12.3 Å². The van der Waals surface area contributed by atoms with Gasteiger partial charge in [0, 0.05) is 18.0 Å². The Morgan fingerprint density at radius 3 is 3.08 bits per heavy atom. The molecular formula is C9H9N3O. The van der Waals surface area contributed by atoms with Crippen LogP contribution in [0.5, 0.6) is 0 Å². The van der Waals surface area contributed by atoms with E-state index < -0.39 is 0 Å². The van der Waals surface area contributed by atoms with Gasteiger partial charge >= 0.3 is 0 Å². The zero-order valence-corrected chi connectivity index (χ0v) is 7.16. The summed E-state index contributed by atoms with van der Waals surface area (Å²) < 4.78 is 0. The van der Waals surface area contributed by atoms with Gasteiger partial charge in [-0.3, -0.25) is 4.79 Å². The molecule has 0 bridgehead atoms. The van der Waals surface area contributed by atoms with Crippen molar-refractivity contribution in [3.63, 3.8) is 0 Å². The fourth-order valence-electron chi connectivity index (χ4n) is 1.31. The van der Waals surface area contributed by atoms with Crippen LogP contribution < -0.4 is 11.2 Å². The second-order valence-electron chi connectivity index (χ2n) is 2.92. The molecule has 2 heterocycles. The maximum atomic E-state index is 11.3. The number of nitrogens with one attached hydrogen (secondary N) is 1. The number of H-pyrrole nitrogens is 1. The molecule has 0 unspecified atom stereocenters. The second kappa shape index (κ2) is 2.58. The van der Waals surface area contributed by atoms with Crippen molar-refractivity contribution in [2.45, 2.75) is 6.92 Å². The van der Waals surface area contributed by atoms with Gasteiger partial charge in [0.1, 0.15) is 5.52 Å². The number of nitrogens with zero attached hydrogens (tertiary/aromatic N) is 1. The smallest absolute Gasteiger partial charge is 0.207 e. The van der Waals surface area contributed by atoms with Crippen molar-refractivity contribution in [3.05, 3.63) is 34.2 Å². The number of hydrogen-bond acceptors (Lipinski definition) is 3. The maximum Gasteiger partial charge on any atom is 0.207 e. The van der Waals surface area contributed by atoms with Gasteiger partial charge in [-0.25, -0.2) is 4.98 Å². The third-order valence-electron chi connectivity index (χ3n) is 1.87. The molecule has 4 heteroatoms. The topological polar surface area (TPSA) is 71.8 Å². The van der Waals surface area contributed by atoms with Crippen LogP contribution in [-0.2, 0) is 0 Å². The third-order valence-corrected chi connectivity index (χ3v) is 1.87. The fraction of sp³-hybridized carbons (Fsp3) is 0.111. The summed E-state index contributed by atoms with van der Waals surface area (Å²) in [6.07, 6.45) is 1.57.